The maximum absolute atomic E-state index is 12.2. The molecule has 0 saturated heterocycles. The lowest BCUT2D eigenvalue weighted by Crippen LogP contribution is -2.50. The third kappa shape index (κ3) is 2.40. The second-order valence-corrected chi connectivity index (χ2v) is 9.65. The molecule has 0 aliphatic heterocycles. The molecule has 3 fully saturated rings. The van der Waals surface area contributed by atoms with Crippen molar-refractivity contribution in [3.05, 3.63) is 22.1 Å². The highest BCUT2D eigenvalue weighted by Gasteiger charge is 2.59. The van der Waals surface area contributed by atoms with Crippen molar-refractivity contribution in [2.45, 2.75) is 78.2 Å². The van der Waals surface area contributed by atoms with Crippen LogP contribution in [0.4, 0.5) is 0 Å². The second-order valence-electron chi connectivity index (χ2n) is 9.65. The smallest absolute Gasteiger partial charge is 0.133 e. The Morgan fingerprint density at radius 3 is 2.72 bits per heavy atom. The lowest BCUT2D eigenvalue weighted by atomic mass is 9.47. The summed E-state index contributed by atoms with van der Waals surface area (Å²) >= 11 is 0. The quantitative estimate of drug-likeness (QED) is 0.269. The van der Waals surface area contributed by atoms with Crippen molar-refractivity contribution >= 4 is 5.78 Å². The van der Waals surface area contributed by atoms with Crippen LogP contribution < -0.4 is 0 Å². The van der Waals surface area contributed by atoms with E-state index in [2.05, 4.69) is 29.9 Å². The Bertz CT molecular complexity index is 664. The maximum atomic E-state index is 12.2. The average molecular weight is 341 g/mol. The Kier molecular flexibility index (Phi) is 4.03. The van der Waals surface area contributed by atoms with E-state index in [0.29, 0.717) is 17.1 Å². The van der Waals surface area contributed by atoms with Crippen LogP contribution in [0.25, 0.3) is 10.4 Å². The molecule has 0 aromatic rings. The molecule has 0 N–H and O–H groups in total. The molecule has 136 valence electrons. The van der Waals surface area contributed by atoms with Gasteiger partial charge in [0.1, 0.15) is 5.78 Å². The van der Waals surface area contributed by atoms with Gasteiger partial charge in [-0.25, -0.2) is 0 Å². The van der Waals surface area contributed by atoms with Gasteiger partial charge in [-0.2, -0.15) is 0 Å². The standard InChI is InChI=1S/C21H31N3O/c1-13(25)17-6-7-18-16-5-4-14-12-15(23-24-22)8-10-20(14,2)19(16)9-11-21(17,18)3/h4,15-19H,5-12H2,1-3H3/t15?,16?,17-,18?,19?,20+,21-/m1/s1. The molecule has 0 spiro atoms. The summed E-state index contributed by atoms with van der Waals surface area (Å²) in [5, 5.41) is 4.01. The number of azide groups is 1. The number of ketones is 1. The van der Waals surface area contributed by atoms with Crippen molar-refractivity contribution in [3.63, 3.8) is 0 Å². The SMILES string of the molecule is CC(=O)[C@H]1CCC2C3CC=C4CC(N=[N+]=[N-])CC[C@]4(C)C3CC[C@@]21C. The highest BCUT2D eigenvalue weighted by atomic mass is 16.1. The summed E-state index contributed by atoms with van der Waals surface area (Å²) in [4.78, 5) is 15.2. The van der Waals surface area contributed by atoms with Crippen molar-refractivity contribution < 1.29 is 4.79 Å². The zero-order valence-electron chi connectivity index (χ0n) is 15.9. The van der Waals surface area contributed by atoms with Crippen LogP contribution >= 0.6 is 0 Å². The van der Waals surface area contributed by atoms with Crippen LogP contribution in [-0.4, -0.2) is 11.8 Å². The predicted octanol–water partition coefficient (Wildman–Crippen LogP) is 5.83. The summed E-state index contributed by atoms with van der Waals surface area (Å²) in [5.41, 5.74) is 10.9. The van der Waals surface area contributed by atoms with Gasteiger partial charge in [0, 0.05) is 16.9 Å². The molecular formula is C21H31N3O. The van der Waals surface area contributed by atoms with Gasteiger partial charge in [0.2, 0.25) is 0 Å². The van der Waals surface area contributed by atoms with Crippen LogP contribution in [0.15, 0.2) is 16.8 Å². The van der Waals surface area contributed by atoms with Crippen LogP contribution in [0.1, 0.15) is 72.1 Å². The summed E-state index contributed by atoms with van der Waals surface area (Å²) in [5.74, 6) is 2.91. The topological polar surface area (TPSA) is 65.8 Å². The number of carbonyl (C=O) groups excluding carboxylic acids is 1. The molecule has 0 bridgehead atoms. The Morgan fingerprint density at radius 1 is 1.20 bits per heavy atom. The predicted molar refractivity (Wildman–Crippen MR) is 98.8 cm³/mol. The van der Waals surface area contributed by atoms with Crippen molar-refractivity contribution in [1.82, 2.24) is 0 Å². The highest BCUT2D eigenvalue weighted by Crippen LogP contribution is 2.66. The van der Waals surface area contributed by atoms with Crippen LogP contribution in [-0.2, 0) is 4.79 Å². The zero-order valence-corrected chi connectivity index (χ0v) is 15.9. The van der Waals surface area contributed by atoms with Gasteiger partial charge < -0.3 is 0 Å². The molecule has 4 heteroatoms. The summed E-state index contributed by atoms with van der Waals surface area (Å²) in [6, 6.07) is 0.156. The normalized spacial score (nSPS) is 48.4. The summed E-state index contributed by atoms with van der Waals surface area (Å²) < 4.78 is 0. The lowest BCUT2D eigenvalue weighted by molar-refractivity contribution is -0.127. The third-order valence-corrected chi connectivity index (χ3v) is 8.78. The number of Topliss-reactive ketones (excluding diaryl/α,β-unsaturated/α-hetero) is 1. The molecule has 0 aromatic heterocycles. The molecule has 7 atom stereocenters. The minimum Gasteiger partial charge on any atom is -0.300 e. The molecule has 0 heterocycles. The van der Waals surface area contributed by atoms with Crippen LogP contribution in [0.2, 0.25) is 0 Å². The Labute approximate surface area is 151 Å². The molecular weight excluding hydrogens is 310 g/mol. The number of hydrogen-bond donors (Lipinski definition) is 0. The molecule has 4 aliphatic carbocycles. The first kappa shape index (κ1) is 17.1. The number of hydrogen-bond acceptors (Lipinski definition) is 2. The highest BCUT2D eigenvalue weighted by molar-refractivity contribution is 5.79. The van der Waals surface area contributed by atoms with E-state index in [1.165, 1.54) is 25.7 Å². The monoisotopic (exact) mass is 341 g/mol. The molecule has 4 rings (SSSR count). The van der Waals surface area contributed by atoms with E-state index in [4.69, 9.17) is 5.53 Å². The van der Waals surface area contributed by atoms with Crippen molar-refractivity contribution in [2.75, 3.05) is 0 Å². The van der Waals surface area contributed by atoms with Crippen molar-refractivity contribution in [3.8, 4) is 0 Å². The zero-order chi connectivity index (χ0) is 17.8. The molecule has 4 nitrogen and oxygen atoms in total. The van der Waals surface area contributed by atoms with Crippen LogP contribution in [0.3, 0.4) is 0 Å². The van der Waals surface area contributed by atoms with Gasteiger partial charge in [-0.1, -0.05) is 30.6 Å². The minimum atomic E-state index is 0.156. The summed E-state index contributed by atoms with van der Waals surface area (Å²) in [6.07, 6.45) is 11.6. The van der Waals surface area contributed by atoms with E-state index in [9.17, 15) is 4.79 Å². The van der Waals surface area contributed by atoms with Gasteiger partial charge in [0.05, 0.1) is 0 Å². The molecule has 4 unspecified atom stereocenters. The number of allylic oxidation sites excluding steroid dienone is 1. The summed E-state index contributed by atoms with van der Waals surface area (Å²) in [7, 11) is 0. The average Bonchev–Trinajstić information content (AvgIpc) is 2.93. The third-order valence-electron chi connectivity index (χ3n) is 8.78. The van der Waals surface area contributed by atoms with Gasteiger partial charge in [-0.05, 0) is 92.4 Å². The van der Waals surface area contributed by atoms with Gasteiger partial charge in [0.25, 0.3) is 0 Å². The van der Waals surface area contributed by atoms with Gasteiger partial charge in [0.15, 0.2) is 0 Å². The summed E-state index contributed by atoms with van der Waals surface area (Å²) in [6.45, 7) is 6.69. The molecule has 0 radical (unpaired) electrons. The molecule has 25 heavy (non-hydrogen) atoms. The Morgan fingerprint density at radius 2 is 2.00 bits per heavy atom. The van der Waals surface area contributed by atoms with E-state index in [0.717, 1.165) is 37.5 Å². The fraction of sp³-hybridized carbons (Fsp3) is 0.857. The molecule has 3 saturated carbocycles. The van der Waals surface area contributed by atoms with Crippen LogP contribution in [0.5, 0.6) is 0 Å². The van der Waals surface area contributed by atoms with E-state index < -0.39 is 0 Å². The Balaban J connectivity index is 1.63. The molecule has 0 amide bonds. The first-order chi connectivity index (χ1) is 11.9. The van der Waals surface area contributed by atoms with Gasteiger partial charge in [-0.15, -0.1) is 0 Å². The molecule has 4 aliphatic rings. The fourth-order valence-corrected chi connectivity index (χ4v) is 7.48. The lowest BCUT2D eigenvalue weighted by Gasteiger charge is -2.58. The van der Waals surface area contributed by atoms with E-state index >= 15 is 0 Å². The number of nitrogens with zero attached hydrogens (tertiary/aromatic N) is 3. The van der Waals surface area contributed by atoms with Crippen LogP contribution in [0, 0.1) is 34.5 Å². The maximum Gasteiger partial charge on any atom is 0.133 e. The molecule has 0 aromatic carbocycles. The fourth-order valence-electron chi connectivity index (χ4n) is 7.48. The van der Waals surface area contributed by atoms with E-state index in [1.807, 2.05) is 6.92 Å². The number of carbonyl (C=O) groups is 1. The van der Waals surface area contributed by atoms with Crippen molar-refractivity contribution in [1.29, 1.82) is 0 Å². The first-order valence-electron chi connectivity index (χ1n) is 10.1. The largest absolute Gasteiger partial charge is 0.300 e. The first-order valence-corrected chi connectivity index (χ1v) is 10.1. The number of rotatable bonds is 2. The van der Waals surface area contributed by atoms with E-state index in [-0.39, 0.29) is 17.4 Å². The van der Waals surface area contributed by atoms with E-state index in [1.54, 1.807) is 5.57 Å². The van der Waals surface area contributed by atoms with Gasteiger partial charge in [-0.3, -0.25) is 4.79 Å². The minimum absolute atomic E-state index is 0.156. The number of fused-ring (bicyclic) bond motifs is 5. The second kappa shape index (κ2) is 5.87. The Hall–Kier alpha value is -1.28. The van der Waals surface area contributed by atoms with Gasteiger partial charge >= 0.3 is 0 Å². The van der Waals surface area contributed by atoms with Crippen molar-refractivity contribution in [2.24, 2.45) is 39.6 Å².